The van der Waals surface area contributed by atoms with Crippen LogP contribution in [-0.4, -0.2) is 33.3 Å². The van der Waals surface area contributed by atoms with Gasteiger partial charge in [0.1, 0.15) is 5.54 Å². The van der Waals surface area contributed by atoms with Gasteiger partial charge in [0.05, 0.1) is 12.2 Å². The van der Waals surface area contributed by atoms with Crippen LogP contribution in [0.25, 0.3) is 0 Å². The lowest BCUT2D eigenvalue weighted by Gasteiger charge is -2.20. The minimum absolute atomic E-state index is 0.155. The number of hydrogen-bond acceptors (Lipinski definition) is 4. The number of rotatable bonds is 5. The maximum Gasteiger partial charge on any atom is 0.406 e. The number of alkyl halides is 3. The van der Waals surface area contributed by atoms with Crippen molar-refractivity contribution in [2.24, 2.45) is 5.73 Å². The topological polar surface area (TPSA) is 68.8 Å². The highest BCUT2D eigenvalue weighted by Gasteiger charge is 2.62. The molecule has 8 heteroatoms. The van der Waals surface area contributed by atoms with Crippen molar-refractivity contribution in [1.82, 2.24) is 20.3 Å². The third kappa shape index (κ3) is 2.58. The van der Waals surface area contributed by atoms with Gasteiger partial charge in [-0.1, -0.05) is 5.21 Å². The second-order valence-corrected chi connectivity index (χ2v) is 4.18. The smallest absolute Gasteiger partial charge is 0.325 e. The molecule has 1 aliphatic rings. The van der Waals surface area contributed by atoms with Gasteiger partial charge in [-0.2, -0.15) is 13.2 Å². The molecule has 2 rings (SSSR count). The monoisotopic (exact) mass is 249 g/mol. The summed E-state index contributed by atoms with van der Waals surface area (Å²) in [5.74, 6) is 0. The Kier molecular flexibility index (Phi) is 3.09. The number of aromatic nitrogens is 3. The van der Waals surface area contributed by atoms with Crippen molar-refractivity contribution in [3.63, 3.8) is 0 Å². The van der Waals surface area contributed by atoms with Gasteiger partial charge in [0.2, 0.25) is 0 Å². The molecule has 1 heterocycles. The Balaban J connectivity index is 1.80. The van der Waals surface area contributed by atoms with E-state index < -0.39 is 11.7 Å². The average Bonchev–Trinajstić information content (AvgIpc) is 2.91. The lowest BCUT2D eigenvalue weighted by Crippen LogP contribution is -2.46. The van der Waals surface area contributed by atoms with Crippen LogP contribution in [0, 0.1) is 0 Å². The minimum atomic E-state index is -4.17. The van der Waals surface area contributed by atoms with Crippen LogP contribution in [0.4, 0.5) is 13.2 Å². The highest BCUT2D eigenvalue weighted by atomic mass is 19.4. The molecule has 0 bridgehead atoms. The van der Waals surface area contributed by atoms with Crippen LogP contribution in [0.1, 0.15) is 18.5 Å². The van der Waals surface area contributed by atoms with Crippen molar-refractivity contribution in [2.75, 3.05) is 6.54 Å². The standard InChI is InChI=1S/C9H14F3N5/c10-9(11,12)8(1-2-8)14-3-4-17-6-7(5-13)15-16-17/h6,14H,1-5,13H2. The summed E-state index contributed by atoms with van der Waals surface area (Å²) in [5, 5.41) is 10.0. The molecule has 0 aromatic carbocycles. The van der Waals surface area contributed by atoms with E-state index in [0.29, 0.717) is 12.2 Å². The van der Waals surface area contributed by atoms with E-state index in [1.165, 1.54) is 4.68 Å². The first kappa shape index (κ1) is 12.3. The van der Waals surface area contributed by atoms with E-state index in [9.17, 15) is 13.2 Å². The van der Waals surface area contributed by atoms with E-state index in [4.69, 9.17) is 5.73 Å². The summed E-state index contributed by atoms with van der Waals surface area (Å²) in [5.41, 5.74) is 4.31. The van der Waals surface area contributed by atoms with Gasteiger partial charge in [0, 0.05) is 19.3 Å². The van der Waals surface area contributed by atoms with Crippen LogP contribution < -0.4 is 11.1 Å². The lowest BCUT2D eigenvalue weighted by molar-refractivity contribution is -0.165. The summed E-state index contributed by atoms with van der Waals surface area (Å²) >= 11 is 0. The summed E-state index contributed by atoms with van der Waals surface area (Å²) in [7, 11) is 0. The van der Waals surface area contributed by atoms with Gasteiger partial charge in [0.15, 0.2) is 0 Å². The van der Waals surface area contributed by atoms with Gasteiger partial charge in [-0.3, -0.25) is 4.68 Å². The van der Waals surface area contributed by atoms with Crippen molar-refractivity contribution in [1.29, 1.82) is 0 Å². The number of hydrogen-bond donors (Lipinski definition) is 2. The molecule has 1 aromatic heterocycles. The first-order chi connectivity index (χ1) is 7.97. The normalized spacial score (nSPS) is 18.4. The van der Waals surface area contributed by atoms with Crippen LogP contribution in [0.15, 0.2) is 6.20 Å². The fourth-order valence-corrected chi connectivity index (χ4v) is 1.64. The van der Waals surface area contributed by atoms with Crippen molar-refractivity contribution in [3.05, 3.63) is 11.9 Å². The molecule has 0 aliphatic heterocycles. The quantitative estimate of drug-likeness (QED) is 0.793. The molecule has 0 spiro atoms. The molecule has 1 aliphatic carbocycles. The molecule has 96 valence electrons. The highest BCUT2D eigenvalue weighted by Crippen LogP contribution is 2.48. The van der Waals surface area contributed by atoms with Gasteiger partial charge < -0.3 is 11.1 Å². The number of nitrogens with zero attached hydrogens (tertiary/aromatic N) is 3. The molecule has 0 atom stereocenters. The molecular weight excluding hydrogens is 235 g/mol. The molecule has 5 nitrogen and oxygen atoms in total. The van der Waals surface area contributed by atoms with Crippen LogP contribution >= 0.6 is 0 Å². The van der Waals surface area contributed by atoms with E-state index in [1.54, 1.807) is 6.20 Å². The predicted octanol–water partition coefficient (Wildman–Crippen LogP) is 0.421. The zero-order chi connectivity index (χ0) is 12.5. The van der Waals surface area contributed by atoms with Crippen LogP contribution in [0.3, 0.4) is 0 Å². The Morgan fingerprint density at radius 2 is 2.18 bits per heavy atom. The molecule has 0 saturated heterocycles. The molecular formula is C9H14F3N5. The molecule has 1 fully saturated rings. The molecule has 1 saturated carbocycles. The highest BCUT2D eigenvalue weighted by molar-refractivity contribution is 5.07. The second-order valence-electron chi connectivity index (χ2n) is 4.18. The zero-order valence-corrected chi connectivity index (χ0v) is 9.17. The summed E-state index contributed by atoms with van der Waals surface area (Å²) < 4.78 is 39.2. The number of halogens is 3. The Morgan fingerprint density at radius 1 is 1.47 bits per heavy atom. The predicted molar refractivity (Wildman–Crippen MR) is 53.9 cm³/mol. The molecule has 0 radical (unpaired) electrons. The summed E-state index contributed by atoms with van der Waals surface area (Å²) in [4.78, 5) is 0. The number of nitrogens with one attached hydrogen (secondary N) is 1. The number of nitrogens with two attached hydrogens (primary N) is 1. The summed E-state index contributed by atoms with van der Waals surface area (Å²) in [6.07, 6.45) is -2.23. The summed E-state index contributed by atoms with van der Waals surface area (Å²) in [6, 6.07) is 0. The van der Waals surface area contributed by atoms with Crippen LogP contribution in [0.5, 0.6) is 0 Å². The largest absolute Gasteiger partial charge is 0.406 e. The maximum absolute atomic E-state index is 12.6. The molecule has 1 aromatic rings. The van der Waals surface area contributed by atoms with Gasteiger partial charge in [0.25, 0.3) is 0 Å². The van der Waals surface area contributed by atoms with E-state index in [1.807, 2.05) is 0 Å². The Morgan fingerprint density at radius 3 is 2.65 bits per heavy atom. The Hall–Kier alpha value is -1.15. The van der Waals surface area contributed by atoms with Crippen molar-refractivity contribution < 1.29 is 13.2 Å². The van der Waals surface area contributed by atoms with Crippen molar-refractivity contribution in [2.45, 2.75) is 37.6 Å². The van der Waals surface area contributed by atoms with E-state index >= 15 is 0 Å². The average molecular weight is 249 g/mol. The second kappa shape index (κ2) is 4.26. The van der Waals surface area contributed by atoms with Crippen LogP contribution in [-0.2, 0) is 13.1 Å². The lowest BCUT2D eigenvalue weighted by atomic mass is 10.2. The molecule has 0 unspecified atom stereocenters. The van der Waals surface area contributed by atoms with Gasteiger partial charge >= 0.3 is 6.18 Å². The van der Waals surface area contributed by atoms with Crippen LogP contribution in [0.2, 0.25) is 0 Å². The van der Waals surface area contributed by atoms with Crippen molar-refractivity contribution in [3.8, 4) is 0 Å². The minimum Gasteiger partial charge on any atom is -0.325 e. The van der Waals surface area contributed by atoms with E-state index in [2.05, 4.69) is 15.6 Å². The van der Waals surface area contributed by atoms with E-state index in [-0.39, 0.29) is 25.9 Å². The van der Waals surface area contributed by atoms with Gasteiger partial charge in [-0.05, 0) is 12.8 Å². The molecule has 17 heavy (non-hydrogen) atoms. The Labute approximate surface area is 96.2 Å². The van der Waals surface area contributed by atoms with Gasteiger partial charge in [-0.15, -0.1) is 5.10 Å². The Bertz CT molecular complexity index is 382. The third-order valence-electron chi connectivity index (χ3n) is 2.89. The van der Waals surface area contributed by atoms with E-state index in [0.717, 1.165) is 0 Å². The maximum atomic E-state index is 12.6. The first-order valence-electron chi connectivity index (χ1n) is 5.38. The molecule has 3 N–H and O–H groups in total. The fourth-order valence-electron chi connectivity index (χ4n) is 1.64. The fraction of sp³-hybridized carbons (Fsp3) is 0.778. The zero-order valence-electron chi connectivity index (χ0n) is 9.17. The van der Waals surface area contributed by atoms with Crippen molar-refractivity contribution >= 4 is 0 Å². The summed E-state index contributed by atoms with van der Waals surface area (Å²) in [6.45, 7) is 0.845. The van der Waals surface area contributed by atoms with Gasteiger partial charge in [-0.25, -0.2) is 0 Å². The molecule has 0 amide bonds. The third-order valence-corrected chi connectivity index (χ3v) is 2.89. The SMILES string of the molecule is NCc1cn(CCNC2(C(F)(F)F)CC2)nn1. The first-order valence-corrected chi connectivity index (χ1v) is 5.38.